The predicted molar refractivity (Wildman–Crippen MR) is 64.0 cm³/mol. The van der Waals surface area contributed by atoms with Crippen molar-refractivity contribution >= 4 is 11.6 Å². The fourth-order valence-corrected chi connectivity index (χ4v) is 1.58. The normalized spacial score (nSPS) is 9.75. The smallest absolute Gasteiger partial charge is 0.0705 e. The Kier molecular flexibility index (Phi) is 3.19. The highest BCUT2D eigenvalue weighted by atomic mass is 35.5. The zero-order chi connectivity index (χ0) is 11.4. The van der Waals surface area contributed by atoms with Gasteiger partial charge in [0.2, 0.25) is 0 Å². The summed E-state index contributed by atoms with van der Waals surface area (Å²) in [4.78, 5) is 4.27. The van der Waals surface area contributed by atoms with E-state index in [2.05, 4.69) is 11.1 Å². The van der Waals surface area contributed by atoms with Gasteiger partial charge in [0.15, 0.2) is 0 Å². The van der Waals surface area contributed by atoms with Crippen molar-refractivity contribution in [2.45, 2.75) is 6.42 Å². The molecule has 0 aliphatic rings. The number of aromatic nitrogens is 1. The van der Waals surface area contributed by atoms with Crippen LogP contribution in [0.15, 0.2) is 42.6 Å². The molecule has 1 heterocycles. The molecule has 0 aliphatic carbocycles. The van der Waals surface area contributed by atoms with Gasteiger partial charge in [-0.3, -0.25) is 4.98 Å². The number of benzene rings is 1. The SMILES string of the molecule is N#CCc1ccnc(-c2ccc(Cl)cc2)c1. The minimum atomic E-state index is 0.406. The number of hydrogen-bond donors (Lipinski definition) is 0. The third-order valence-electron chi connectivity index (χ3n) is 2.25. The number of rotatable bonds is 2. The average Bonchev–Trinajstić information content (AvgIpc) is 2.31. The molecule has 0 N–H and O–H groups in total. The summed E-state index contributed by atoms with van der Waals surface area (Å²) in [5.41, 5.74) is 2.84. The Morgan fingerprint density at radius 3 is 2.62 bits per heavy atom. The highest BCUT2D eigenvalue weighted by Crippen LogP contribution is 2.20. The summed E-state index contributed by atoms with van der Waals surface area (Å²) in [7, 11) is 0. The Labute approximate surface area is 99.1 Å². The summed E-state index contributed by atoms with van der Waals surface area (Å²) < 4.78 is 0. The summed E-state index contributed by atoms with van der Waals surface area (Å²) >= 11 is 5.82. The lowest BCUT2D eigenvalue weighted by atomic mass is 10.1. The first-order chi connectivity index (χ1) is 7.79. The maximum absolute atomic E-state index is 8.63. The van der Waals surface area contributed by atoms with Crippen LogP contribution in [0.25, 0.3) is 11.3 Å². The molecule has 0 unspecified atom stereocenters. The lowest BCUT2D eigenvalue weighted by molar-refractivity contribution is 1.21. The molecule has 16 heavy (non-hydrogen) atoms. The van der Waals surface area contributed by atoms with Gasteiger partial charge >= 0.3 is 0 Å². The van der Waals surface area contributed by atoms with E-state index in [0.717, 1.165) is 16.8 Å². The van der Waals surface area contributed by atoms with Gasteiger partial charge in [-0.1, -0.05) is 23.7 Å². The standard InChI is InChI=1S/C13H9ClN2/c14-12-3-1-11(2-4-12)13-9-10(5-7-15)6-8-16-13/h1-4,6,8-9H,5H2. The minimum absolute atomic E-state index is 0.406. The Morgan fingerprint density at radius 1 is 1.19 bits per heavy atom. The van der Waals surface area contributed by atoms with Gasteiger partial charge in [0, 0.05) is 16.8 Å². The molecular weight excluding hydrogens is 220 g/mol. The predicted octanol–water partition coefficient (Wildman–Crippen LogP) is 3.47. The maximum Gasteiger partial charge on any atom is 0.0705 e. The first kappa shape index (κ1) is 10.7. The van der Waals surface area contributed by atoms with Gasteiger partial charge in [-0.2, -0.15) is 5.26 Å². The quantitative estimate of drug-likeness (QED) is 0.789. The van der Waals surface area contributed by atoms with Gasteiger partial charge in [-0.25, -0.2) is 0 Å². The van der Waals surface area contributed by atoms with E-state index >= 15 is 0 Å². The van der Waals surface area contributed by atoms with Crippen LogP contribution < -0.4 is 0 Å². The number of pyridine rings is 1. The Hall–Kier alpha value is -1.85. The van der Waals surface area contributed by atoms with Crippen LogP contribution in [0.2, 0.25) is 5.02 Å². The van der Waals surface area contributed by atoms with E-state index in [0.29, 0.717) is 11.4 Å². The third kappa shape index (κ3) is 2.39. The number of nitrogens with zero attached hydrogens (tertiary/aromatic N) is 2. The third-order valence-corrected chi connectivity index (χ3v) is 2.50. The number of halogens is 1. The molecule has 0 fully saturated rings. The molecular formula is C13H9ClN2. The molecule has 2 nitrogen and oxygen atoms in total. The molecule has 2 aromatic rings. The zero-order valence-electron chi connectivity index (χ0n) is 8.52. The molecule has 0 atom stereocenters. The number of nitriles is 1. The largest absolute Gasteiger partial charge is 0.256 e. The van der Waals surface area contributed by atoms with Gasteiger partial charge in [0.05, 0.1) is 18.2 Å². The highest BCUT2D eigenvalue weighted by Gasteiger charge is 2.00. The van der Waals surface area contributed by atoms with E-state index in [1.165, 1.54) is 0 Å². The Morgan fingerprint density at radius 2 is 1.94 bits per heavy atom. The molecule has 0 spiro atoms. The summed E-state index contributed by atoms with van der Waals surface area (Å²) in [5, 5.41) is 9.34. The second-order valence-electron chi connectivity index (χ2n) is 3.39. The molecule has 0 aliphatic heterocycles. The van der Waals surface area contributed by atoms with Crippen molar-refractivity contribution < 1.29 is 0 Å². The average molecular weight is 229 g/mol. The summed E-state index contributed by atoms with van der Waals surface area (Å²) in [6.45, 7) is 0. The first-order valence-electron chi connectivity index (χ1n) is 4.87. The zero-order valence-corrected chi connectivity index (χ0v) is 9.28. The maximum atomic E-state index is 8.63. The fraction of sp³-hybridized carbons (Fsp3) is 0.0769. The van der Waals surface area contributed by atoms with Gasteiger partial charge in [-0.15, -0.1) is 0 Å². The van der Waals surface area contributed by atoms with Gasteiger partial charge in [0.1, 0.15) is 0 Å². The van der Waals surface area contributed by atoms with E-state index in [4.69, 9.17) is 16.9 Å². The fourth-order valence-electron chi connectivity index (χ4n) is 1.45. The van der Waals surface area contributed by atoms with Crippen LogP contribution in [-0.4, -0.2) is 4.98 Å². The molecule has 2 rings (SSSR count). The van der Waals surface area contributed by atoms with Gasteiger partial charge in [-0.05, 0) is 29.8 Å². The highest BCUT2D eigenvalue weighted by molar-refractivity contribution is 6.30. The molecule has 1 aromatic carbocycles. The van der Waals surface area contributed by atoms with E-state index < -0.39 is 0 Å². The van der Waals surface area contributed by atoms with Crippen molar-refractivity contribution in [1.82, 2.24) is 4.98 Å². The summed E-state index contributed by atoms with van der Waals surface area (Å²) in [5.74, 6) is 0. The van der Waals surface area contributed by atoms with Crippen LogP contribution in [0, 0.1) is 11.3 Å². The van der Waals surface area contributed by atoms with E-state index in [9.17, 15) is 0 Å². The second-order valence-corrected chi connectivity index (χ2v) is 3.83. The molecule has 1 aromatic heterocycles. The van der Waals surface area contributed by atoms with Crippen LogP contribution in [-0.2, 0) is 6.42 Å². The van der Waals surface area contributed by atoms with Crippen molar-refractivity contribution in [3.8, 4) is 17.3 Å². The topological polar surface area (TPSA) is 36.7 Å². The molecule has 0 bridgehead atoms. The molecule has 0 saturated heterocycles. The minimum Gasteiger partial charge on any atom is -0.256 e. The molecule has 0 amide bonds. The van der Waals surface area contributed by atoms with Crippen LogP contribution in [0.3, 0.4) is 0 Å². The van der Waals surface area contributed by atoms with Crippen LogP contribution in [0.4, 0.5) is 0 Å². The van der Waals surface area contributed by atoms with E-state index in [1.54, 1.807) is 6.20 Å². The number of hydrogen-bond acceptors (Lipinski definition) is 2. The van der Waals surface area contributed by atoms with Crippen molar-refractivity contribution in [2.75, 3.05) is 0 Å². The second kappa shape index (κ2) is 4.78. The summed E-state index contributed by atoms with van der Waals surface area (Å²) in [6.07, 6.45) is 2.12. The van der Waals surface area contributed by atoms with Crippen molar-refractivity contribution in [2.24, 2.45) is 0 Å². The first-order valence-corrected chi connectivity index (χ1v) is 5.25. The van der Waals surface area contributed by atoms with Crippen molar-refractivity contribution in [3.63, 3.8) is 0 Å². The van der Waals surface area contributed by atoms with Gasteiger partial charge in [0.25, 0.3) is 0 Å². The van der Waals surface area contributed by atoms with E-state index in [-0.39, 0.29) is 0 Å². The molecule has 3 heteroatoms. The van der Waals surface area contributed by atoms with Crippen LogP contribution in [0.1, 0.15) is 5.56 Å². The molecule has 0 saturated carbocycles. The summed E-state index contributed by atoms with van der Waals surface area (Å²) in [6, 6.07) is 13.4. The van der Waals surface area contributed by atoms with Crippen molar-refractivity contribution in [3.05, 3.63) is 53.2 Å². The lowest BCUT2D eigenvalue weighted by Crippen LogP contribution is -1.87. The Balaban J connectivity index is 2.37. The van der Waals surface area contributed by atoms with Crippen LogP contribution >= 0.6 is 11.6 Å². The van der Waals surface area contributed by atoms with Crippen LogP contribution in [0.5, 0.6) is 0 Å². The molecule has 0 radical (unpaired) electrons. The molecule has 78 valence electrons. The Bertz CT molecular complexity index is 526. The van der Waals surface area contributed by atoms with E-state index in [1.807, 2.05) is 36.4 Å². The van der Waals surface area contributed by atoms with Gasteiger partial charge < -0.3 is 0 Å². The van der Waals surface area contributed by atoms with Crippen molar-refractivity contribution in [1.29, 1.82) is 5.26 Å². The monoisotopic (exact) mass is 228 g/mol. The lowest BCUT2D eigenvalue weighted by Gasteiger charge is -2.02.